The van der Waals surface area contributed by atoms with Crippen LogP contribution >= 0.6 is 0 Å². The summed E-state index contributed by atoms with van der Waals surface area (Å²) in [4.78, 5) is 25.9. The lowest BCUT2D eigenvalue weighted by molar-refractivity contribution is -0.121. The first kappa shape index (κ1) is 24.2. The molecule has 0 aliphatic carbocycles. The molecule has 1 aromatic heterocycles. The maximum absolute atomic E-state index is 14.5. The standard InChI is InChI=1S/C24H25F3N2O4/c1-5-13(2)28-22(30)11-17-14(3)29(20-12-19(25)21(32-4)10-18(17)20)23(31)15-6-8-16(9-7-15)33-24(26)27/h6-10,12-13,24H,5,11H2,1-4H3,(H,28,30). The zero-order valence-electron chi connectivity index (χ0n) is 18.7. The lowest BCUT2D eigenvalue weighted by Gasteiger charge is -2.12. The van der Waals surface area contributed by atoms with Crippen molar-refractivity contribution in [3.05, 3.63) is 59.0 Å². The number of alkyl halides is 2. The van der Waals surface area contributed by atoms with Crippen LogP contribution in [0.15, 0.2) is 36.4 Å². The molecule has 1 unspecified atom stereocenters. The summed E-state index contributed by atoms with van der Waals surface area (Å²) in [7, 11) is 1.33. The number of ether oxygens (including phenoxy) is 2. The summed E-state index contributed by atoms with van der Waals surface area (Å²) in [5.74, 6) is -1.49. The Bertz CT molecular complexity index is 1170. The molecule has 9 heteroatoms. The summed E-state index contributed by atoms with van der Waals surface area (Å²) in [6, 6.07) is 7.83. The van der Waals surface area contributed by atoms with Crippen LogP contribution in [0, 0.1) is 12.7 Å². The Labute approximate surface area is 189 Å². The predicted octanol–water partition coefficient (Wildman–Crippen LogP) is 4.84. The summed E-state index contributed by atoms with van der Waals surface area (Å²) < 4.78 is 50.1. The highest BCUT2D eigenvalue weighted by Gasteiger charge is 2.24. The molecule has 2 aromatic carbocycles. The van der Waals surface area contributed by atoms with Crippen LogP contribution in [0.1, 0.15) is 41.9 Å². The molecule has 0 aliphatic heterocycles. The van der Waals surface area contributed by atoms with Crippen molar-refractivity contribution in [3.63, 3.8) is 0 Å². The van der Waals surface area contributed by atoms with Crippen LogP contribution in [0.4, 0.5) is 13.2 Å². The third kappa shape index (κ3) is 5.13. The second-order valence-corrected chi connectivity index (χ2v) is 7.66. The van der Waals surface area contributed by atoms with E-state index in [2.05, 4.69) is 10.1 Å². The van der Waals surface area contributed by atoms with Gasteiger partial charge in [-0.3, -0.25) is 14.2 Å². The van der Waals surface area contributed by atoms with Crippen molar-refractivity contribution in [1.82, 2.24) is 9.88 Å². The SMILES string of the molecule is CCC(C)NC(=O)Cc1c(C)n(C(=O)c2ccc(OC(F)F)cc2)c2cc(F)c(OC)cc12. The number of hydrogen-bond acceptors (Lipinski definition) is 4. The van der Waals surface area contributed by atoms with Gasteiger partial charge in [0.25, 0.3) is 5.91 Å². The predicted molar refractivity (Wildman–Crippen MR) is 118 cm³/mol. The molecule has 0 saturated heterocycles. The van der Waals surface area contributed by atoms with Gasteiger partial charge in [0.05, 0.1) is 19.0 Å². The fourth-order valence-electron chi connectivity index (χ4n) is 3.62. The topological polar surface area (TPSA) is 69.6 Å². The molecule has 1 heterocycles. The first-order chi connectivity index (χ1) is 15.7. The molecule has 176 valence electrons. The van der Waals surface area contributed by atoms with Gasteiger partial charge in [0, 0.05) is 28.8 Å². The molecule has 0 spiro atoms. The number of hydrogen-bond donors (Lipinski definition) is 1. The lowest BCUT2D eigenvalue weighted by atomic mass is 10.1. The Hall–Kier alpha value is -3.49. The van der Waals surface area contributed by atoms with E-state index in [9.17, 15) is 22.8 Å². The van der Waals surface area contributed by atoms with Crippen LogP contribution in [0.2, 0.25) is 0 Å². The number of methoxy groups -OCH3 is 1. The summed E-state index contributed by atoms with van der Waals surface area (Å²) in [5, 5.41) is 3.40. The van der Waals surface area contributed by atoms with Gasteiger partial charge in [0.2, 0.25) is 5.91 Å². The van der Waals surface area contributed by atoms with Crippen LogP contribution in [-0.4, -0.2) is 36.1 Å². The normalized spacial score (nSPS) is 12.1. The maximum atomic E-state index is 14.5. The van der Waals surface area contributed by atoms with Crippen molar-refractivity contribution in [2.75, 3.05) is 7.11 Å². The Morgan fingerprint density at radius 2 is 1.82 bits per heavy atom. The van der Waals surface area contributed by atoms with E-state index in [0.29, 0.717) is 16.6 Å². The number of halogens is 3. The minimum Gasteiger partial charge on any atom is -0.494 e. The number of carbonyl (C=O) groups excluding carboxylic acids is 2. The summed E-state index contributed by atoms with van der Waals surface area (Å²) in [6.07, 6.45) is 0.748. The Kier molecular flexibility index (Phi) is 7.30. The number of amides is 1. The Morgan fingerprint density at radius 1 is 1.15 bits per heavy atom. The van der Waals surface area contributed by atoms with Gasteiger partial charge >= 0.3 is 6.61 Å². The molecule has 0 radical (unpaired) electrons. The molecule has 3 rings (SSSR count). The quantitative estimate of drug-likeness (QED) is 0.520. The zero-order chi connectivity index (χ0) is 24.3. The van der Waals surface area contributed by atoms with Gasteiger partial charge in [-0.1, -0.05) is 6.92 Å². The maximum Gasteiger partial charge on any atom is 0.387 e. The third-order valence-corrected chi connectivity index (χ3v) is 5.49. The van der Waals surface area contributed by atoms with Crippen LogP contribution in [0.25, 0.3) is 10.9 Å². The molecule has 1 atom stereocenters. The van der Waals surface area contributed by atoms with E-state index in [1.165, 1.54) is 48.1 Å². The molecule has 3 aromatic rings. The first-order valence-electron chi connectivity index (χ1n) is 10.4. The van der Waals surface area contributed by atoms with Gasteiger partial charge in [0.1, 0.15) is 5.75 Å². The molecule has 1 amide bonds. The van der Waals surface area contributed by atoms with E-state index in [0.717, 1.165) is 6.42 Å². The second kappa shape index (κ2) is 9.97. The van der Waals surface area contributed by atoms with Crippen LogP contribution in [0.5, 0.6) is 11.5 Å². The smallest absolute Gasteiger partial charge is 0.387 e. The van der Waals surface area contributed by atoms with Gasteiger partial charge in [-0.25, -0.2) is 4.39 Å². The molecule has 0 saturated carbocycles. The fourth-order valence-corrected chi connectivity index (χ4v) is 3.62. The van der Waals surface area contributed by atoms with Gasteiger partial charge in [-0.15, -0.1) is 0 Å². The van der Waals surface area contributed by atoms with E-state index in [-0.39, 0.29) is 40.9 Å². The summed E-state index contributed by atoms with van der Waals surface area (Å²) in [5.41, 5.74) is 1.49. The molecule has 6 nitrogen and oxygen atoms in total. The van der Waals surface area contributed by atoms with E-state index in [4.69, 9.17) is 4.74 Å². The number of aromatic nitrogens is 1. The molecule has 0 fully saturated rings. The second-order valence-electron chi connectivity index (χ2n) is 7.66. The van der Waals surface area contributed by atoms with Crippen LogP contribution in [0.3, 0.4) is 0 Å². The third-order valence-electron chi connectivity index (χ3n) is 5.49. The largest absolute Gasteiger partial charge is 0.494 e. The summed E-state index contributed by atoms with van der Waals surface area (Å²) in [6.45, 7) is 2.52. The Morgan fingerprint density at radius 3 is 2.39 bits per heavy atom. The highest BCUT2D eigenvalue weighted by atomic mass is 19.3. The van der Waals surface area contributed by atoms with Crippen molar-refractivity contribution in [2.45, 2.75) is 46.3 Å². The average molecular weight is 462 g/mol. The first-order valence-corrected chi connectivity index (χ1v) is 10.4. The number of nitrogens with one attached hydrogen (secondary N) is 1. The highest BCUT2D eigenvalue weighted by molar-refractivity contribution is 6.05. The molecule has 33 heavy (non-hydrogen) atoms. The molecule has 1 N–H and O–H groups in total. The average Bonchev–Trinajstić information content (AvgIpc) is 3.02. The Balaban J connectivity index is 2.09. The van der Waals surface area contributed by atoms with Crippen molar-refractivity contribution in [3.8, 4) is 11.5 Å². The minimum absolute atomic E-state index is 0.0100. The van der Waals surface area contributed by atoms with Crippen LogP contribution in [-0.2, 0) is 11.2 Å². The van der Waals surface area contributed by atoms with Gasteiger partial charge in [-0.05, 0) is 56.2 Å². The fraction of sp³-hybridized carbons (Fsp3) is 0.333. The molecular formula is C24H25F3N2O4. The number of fused-ring (bicyclic) bond motifs is 1. The van der Waals surface area contributed by atoms with E-state index < -0.39 is 18.3 Å². The molecule has 0 bridgehead atoms. The van der Waals surface area contributed by atoms with E-state index >= 15 is 0 Å². The number of carbonyl (C=O) groups is 2. The monoisotopic (exact) mass is 462 g/mol. The highest BCUT2D eigenvalue weighted by Crippen LogP contribution is 2.33. The van der Waals surface area contributed by atoms with Crippen molar-refractivity contribution >= 4 is 22.7 Å². The minimum atomic E-state index is -2.98. The van der Waals surface area contributed by atoms with E-state index in [1.807, 2.05) is 13.8 Å². The molecule has 0 aliphatic rings. The molecular weight excluding hydrogens is 437 g/mol. The number of benzene rings is 2. The van der Waals surface area contributed by atoms with E-state index in [1.54, 1.807) is 6.92 Å². The van der Waals surface area contributed by atoms with Crippen molar-refractivity contribution in [1.29, 1.82) is 0 Å². The van der Waals surface area contributed by atoms with Gasteiger partial charge < -0.3 is 14.8 Å². The summed E-state index contributed by atoms with van der Waals surface area (Å²) >= 11 is 0. The lowest BCUT2D eigenvalue weighted by Crippen LogP contribution is -2.33. The van der Waals surface area contributed by atoms with Gasteiger partial charge in [0.15, 0.2) is 11.6 Å². The van der Waals surface area contributed by atoms with Crippen molar-refractivity contribution < 1.29 is 32.2 Å². The number of rotatable bonds is 8. The van der Waals surface area contributed by atoms with Crippen molar-refractivity contribution in [2.24, 2.45) is 0 Å². The van der Waals surface area contributed by atoms with Gasteiger partial charge in [-0.2, -0.15) is 8.78 Å². The zero-order valence-corrected chi connectivity index (χ0v) is 18.7. The number of nitrogens with zero attached hydrogens (tertiary/aromatic N) is 1. The van der Waals surface area contributed by atoms with Crippen LogP contribution < -0.4 is 14.8 Å².